The molecule has 0 fully saturated rings. The molecular formula is C16H18S. The van der Waals surface area contributed by atoms with E-state index in [9.17, 15) is 0 Å². The van der Waals surface area contributed by atoms with Crippen molar-refractivity contribution in [2.24, 2.45) is 5.92 Å². The van der Waals surface area contributed by atoms with Crippen LogP contribution >= 0.6 is 11.3 Å². The molecule has 0 amide bonds. The first-order chi connectivity index (χ1) is 8.33. The highest BCUT2D eigenvalue weighted by Crippen LogP contribution is 2.27. The second-order valence-corrected chi connectivity index (χ2v) is 6.15. The molecule has 1 unspecified atom stereocenters. The summed E-state index contributed by atoms with van der Waals surface area (Å²) in [5.74, 6) is 0.752. The predicted octanol–water partition coefficient (Wildman–Crippen LogP) is 4.27. The number of hydrogen-bond acceptors (Lipinski definition) is 1. The Hall–Kier alpha value is -1.08. The lowest BCUT2D eigenvalue weighted by molar-refractivity contribution is 0.577. The van der Waals surface area contributed by atoms with Crippen molar-refractivity contribution in [1.82, 2.24) is 0 Å². The van der Waals surface area contributed by atoms with Crippen molar-refractivity contribution >= 4 is 11.3 Å². The summed E-state index contributed by atoms with van der Waals surface area (Å²) in [5, 5.41) is 2.25. The summed E-state index contributed by atoms with van der Waals surface area (Å²) < 4.78 is 0. The van der Waals surface area contributed by atoms with Gasteiger partial charge in [0, 0.05) is 4.88 Å². The highest BCUT2D eigenvalue weighted by molar-refractivity contribution is 7.10. The highest BCUT2D eigenvalue weighted by atomic mass is 32.1. The van der Waals surface area contributed by atoms with Crippen molar-refractivity contribution in [3.8, 4) is 0 Å². The summed E-state index contributed by atoms with van der Waals surface area (Å²) in [6.07, 6.45) is 4.89. The molecule has 0 aliphatic heterocycles. The zero-order valence-corrected chi connectivity index (χ0v) is 11.1. The minimum absolute atomic E-state index is 0.752. The predicted molar refractivity (Wildman–Crippen MR) is 74.7 cm³/mol. The van der Waals surface area contributed by atoms with E-state index >= 15 is 0 Å². The van der Waals surface area contributed by atoms with E-state index in [0.717, 1.165) is 5.92 Å². The first kappa shape index (κ1) is 11.0. The smallest absolute Gasteiger partial charge is 0.00806 e. The van der Waals surface area contributed by atoms with Gasteiger partial charge < -0.3 is 0 Å². The molecule has 1 aliphatic carbocycles. The molecule has 0 bridgehead atoms. The monoisotopic (exact) mass is 242 g/mol. The SMILES string of the molecule is CC1Cc2ccccc2CCc2sccc2C1. The fraction of sp³-hybridized carbons (Fsp3) is 0.375. The zero-order valence-electron chi connectivity index (χ0n) is 10.3. The zero-order chi connectivity index (χ0) is 11.7. The maximum atomic E-state index is 2.38. The Balaban J connectivity index is 1.97. The molecular weight excluding hydrogens is 224 g/mol. The first-order valence-electron chi connectivity index (χ1n) is 6.45. The van der Waals surface area contributed by atoms with Gasteiger partial charge in [0.1, 0.15) is 0 Å². The Labute approximate surface area is 107 Å². The molecule has 0 spiro atoms. The number of aryl methyl sites for hydroxylation is 2. The van der Waals surface area contributed by atoms with Gasteiger partial charge in [-0.05, 0) is 59.7 Å². The third-order valence-corrected chi connectivity index (χ3v) is 4.74. The van der Waals surface area contributed by atoms with Gasteiger partial charge in [-0.25, -0.2) is 0 Å². The quantitative estimate of drug-likeness (QED) is 0.647. The Morgan fingerprint density at radius 1 is 0.941 bits per heavy atom. The van der Waals surface area contributed by atoms with Crippen molar-refractivity contribution in [2.75, 3.05) is 0 Å². The lowest BCUT2D eigenvalue weighted by Gasteiger charge is -2.12. The average molecular weight is 242 g/mol. The van der Waals surface area contributed by atoms with E-state index in [1.54, 1.807) is 21.6 Å². The largest absolute Gasteiger partial charge is 0.149 e. The second kappa shape index (κ2) is 4.66. The van der Waals surface area contributed by atoms with Gasteiger partial charge in [-0.2, -0.15) is 0 Å². The summed E-state index contributed by atoms with van der Waals surface area (Å²) >= 11 is 1.93. The summed E-state index contributed by atoms with van der Waals surface area (Å²) in [7, 11) is 0. The minimum Gasteiger partial charge on any atom is -0.149 e. The molecule has 1 heteroatoms. The lowest BCUT2D eigenvalue weighted by Crippen LogP contribution is -2.04. The standard InChI is InChI=1S/C16H18S/c1-12-10-14-5-3-2-4-13(14)6-7-16-15(11-12)8-9-17-16/h2-5,8-9,12H,6-7,10-11H2,1H3. The number of rotatable bonds is 0. The molecule has 0 saturated heterocycles. The van der Waals surface area contributed by atoms with Crippen LogP contribution in [0.5, 0.6) is 0 Å². The van der Waals surface area contributed by atoms with Crippen molar-refractivity contribution in [3.63, 3.8) is 0 Å². The normalized spacial score (nSPS) is 19.7. The van der Waals surface area contributed by atoms with Gasteiger partial charge in [0.25, 0.3) is 0 Å². The third-order valence-electron chi connectivity index (χ3n) is 3.71. The molecule has 3 rings (SSSR count). The van der Waals surface area contributed by atoms with Crippen LogP contribution < -0.4 is 0 Å². The number of benzene rings is 1. The van der Waals surface area contributed by atoms with Gasteiger partial charge >= 0.3 is 0 Å². The van der Waals surface area contributed by atoms with Crippen LogP contribution in [0.4, 0.5) is 0 Å². The second-order valence-electron chi connectivity index (χ2n) is 5.15. The van der Waals surface area contributed by atoms with Crippen LogP contribution in [-0.2, 0) is 25.7 Å². The Morgan fingerprint density at radius 2 is 1.71 bits per heavy atom. The van der Waals surface area contributed by atoms with Crippen LogP contribution in [-0.4, -0.2) is 0 Å². The van der Waals surface area contributed by atoms with Crippen LogP contribution in [0.3, 0.4) is 0 Å². The highest BCUT2D eigenvalue weighted by Gasteiger charge is 2.14. The molecule has 0 radical (unpaired) electrons. The lowest BCUT2D eigenvalue weighted by atomic mass is 9.93. The van der Waals surface area contributed by atoms with Gasteiger partial charge in [0.2, 0.25) is 0 Å². The summed E-state index contributed by atoms with van der Waals surface area (Å²) in [6.45, 7) is 2.38. The minimum atomic E-state index is 0.752. The average Bonchev–Trinajstić information content (AvgIpc) is 2.75. The van der Waals surface area contributed by atoms with E-state index in [1.807, 2.05) is 11.3 Å². The molecule has 0 saturated carbocycles. The molecule has 88 valence electrons. The van der Waals surface area contributed by atoms with E-state index in [1.165, 1.54) is 25.7 Å². The van der Waals surface area contributed by atoms with Gasteiger partial charge in [0.05, 0.1) is 0 Å². The van der Waals surface area contributed by atoms with E-state index in [-0.39, 0.29) is 0 Å². The molecule has 1 aromatic carbocycles. The molecule has 0 N–H and O–H groups in total. The fourth-order valence-electron chi connectivity index (χ4n) is 2.84. The molecule has 0 nitrogen and oxygen atoms in total. The maximum absolute atomic E-state index is 2.38. The number of fused-ring (bicyclic) bond motifs is 2. The van der Waals surface area contributed by atoms with Crippen LogP contribution in [0.2, 0.25) is 0 Å². The topological polar surface area (TPSA) is 0 Å². The van der Waals surface area contributed by atoms with Gasteiger partial charge in [0.15, 0.2) is 0 Å². The van der Waals surface area contributed by atoms with Gasteiger partial charge in [-0.15, -0.1) is 11.3 Å². The van der Waals surface area contributed by atoms with Crippen LogP contribution in [0.1, 0.15) is 28.5 Å². The molecule has 1 aliphatic rings. The molecule has 17 heavy (non-hydrogen) atoms. The number of thiophene rings is 1. The van der Waals surface area contributed by atoms with E-state index < -0.39 is 0 Å². The Kier molecular flexibility index (Phi) is 3.02. The first-order valence-corrected chi connectivity index (χ1v) is 7.33. The summed E-state index contributed by atoms with van der Waals surface area (Å²) in [4.78, 5) is 1.61. The summed E-state index contributed by atoms with van der Waals surface area (Å²) in [6, 6.07) is 11.3. The van der Waals surface area contributed by atoms with Crippen LogP contribution in [0.15, 0.2) is 35.7 Å². The third kappa shape index (κ3) is 2.30. The molecule has 1 atom stereocenters. The molecule has 1 aromatic heterocycles. The van der Waals surface area contributed by atoms with E-state index in [2.05, 4.69) is 42.6 Å². The van der Waals surface area contributed by atoms with Crippen molar-refractivity contribution in [2.45, 2.75) is 32.6 Å². The fourth-order valence-corrected chi connectivity index (χ4v) is 3.76. The van der Waals surface area contributed by atoms with E-state index in [4.69, 9.17) is 0 Å². The van der Waals surface area contributed by atoms with Crippen molar-refractivity contribution in [1.29, 1.82) is 0 Å². The number of hydrogen-bond donors (Lipinski definition) is 0. The Bertz CT molecular complexity index is 510. The Morgan fingerprint density at radius 3 is 2.59 bits per heavy atom. The van der Waals surface area contributed by atoms with Gasteiger partial charge in [-0.1, -0.05) is 31.2 Å². The molecule has 1 heterocycles. The summed E-state index contributed by atoms with van der Waals surface area (Å²) in [5.41, 5.74) is 4.71. The van der Waals surface area contributed by atoms with Crippen molar-refractivity contribution < 1.29 is 0 Å². The molecule has 2 aromatic rings. The van der Waals surface area contributed by atoms with Crippen LogP contribution in [0.25, 0.3) is 0 Å². The van der Waals surface area contributed by atoms with Gasteiger partial charge in [-0.3, -0.25) is 0 Å². The van der Waals surface area contributed by atoms with Crippen LogP contribution in [0, 0.1) is 5.92 Å². The maximum Gasteiger partial charge on any atom is 0.00806 e. The van der Waals surface area contributed by atoms with Crippen molar-refractivity contribution in [3.05, 3.63) is 57.3 Å². The van der Waals surface area contributed by atoms with E-state index in [0.29, 0.717) is 0 Å².